The Kier molecular flexibility index (Phi) is 3.63. The van der Waals surface area contributed by atoms with Crippen LogP contribution in [0, 0.1) is 5.41 Å². The molecule has 62 valence electrons. The molecule has 3 N–H and O–H groups in total. The van der Waals surface area contributed by atoms with Crippen LogP contribution in [0.4, 0.5) is 0 Å². The Labute approximate surface area is 68.2 Å². The largest absolute Gasteiger partial charge is 0.396 e. The maximum Gasteiger partial charge on any atom is 0.0502 e. The van der Waals surface area contributed by atoms with Gasteiger partial charge in [0.1, 0.15) is 0 Å². The predicted octanol–water partition coefficient (Wildman–Crippen LogP) is 0.918. The van der Waals surface area contributed by atoms with Gasteiger partial charge in [-0.15, -0.1) is 12.4 Å². The molecule has 10 heavy (non-hydrogen) atoms. The minimum Gasteiger partial charge on any atom is -0.396 e. The lowest BCUT2D eigenvalue weighted by molar-refractivity contribution is 0.0247. The molecule has 1 saturated carbocycles. The molecule has 0 aromatic rings. The Hall–Kier alpha value is 0.210. The molecule has 1 atom stereocenters. The van der Waals surface area contributed by atoms with Gasteiger partial charge >= 0.3 is 0 Å². The lowest BCUT2D eigenvalue weighted by Crippen LogP contribution is -2.47. The van der Waals surface area contributed by atoms with Gasteiger partial charge in [0.2, 0.25) is 0 Å². The number of hydrogen-bond donors (Lipinski definition) is 2. The summed E-state index contributed by atoms with van der Waals surface area (Å²) in [6, 6.07) is 0.163. The molecule has 1 aliphatic rings. The van der Waals surface area contributed by atoms with E-state index < -0.39 is 0 Å². The summed E-state index contributed by atoms with van der Waals surface area (Å²) in [5, 5.41) is 8.93. The number of nitrogens with two attached hydrogens (primary N) is 1. The second-order valence-electron chi connectivity index (χ2n) is 3.16. The van der Waals surface area contributed by atoms with Gasteiger partial charge in [0.15, 0.2) is 0 Å². The molecule has 0 aromatic heterocycles. The highest BCUT2D eigenvalue weighted by Crippen LogP contribution is 2.42. The topological polar surface area (TPSA) is 46.2 Å². The molecule has 0 spiro atoms. The van der Waals surface area contributed by atoms with Crippen molar-refractivity contribution in [3.05, 3.63) is 0 Å². The Morgan fingerprint density at radius 3 is 2.10 bits per heavy atom. The molecule has 1 unspecified atom stereocenters. The molecule has 0 radical (unpaired) electrons. The van der Waals surface area contributed by atoms with E-state index in [1.54, 1.807) is 0 Å². The lowest BCUT2D eigenvalue weighted by atomic mass is 9.65. The van der Waals surface area contributed by atoms with Gasteiger partial charge in [-0.05, 0) is 19.8 Å². The number of aliphatic hydroxyl groups is 1. The van der Waals surface area contributed by atoms with Gasteiger partial charge in [-0.1, -0.05) is 6.42 Å². The first-order chi connectivity index (χ1) is 4.21. The zero-order chi connectivity index (χ0) is 6.91. The monoisotopic (exact) mass is 165 g/mol. The Morgan fingerprint density at radius 1 is 1.60 bits per heavy atom. The summed E-state index contributed by atoms with van der Waals surface area (Å²) in [7, 11) is 0. The van der Waals surface area contributed by atoms with E-state index in [0.717, 1.165) is 12.8 Å². The molecule has 0 bridgehead atoms. The van der Waals surface area contributed by atoms with Crippen molar-refractivity contribution in [2.75, 3.05) is 6.61 Å². The molecule has 1 fully saturated rings. The third-order valence-electron chi connectivity index (χ3n) is 2.63. The first kappa shape index (κ1) is 10.2. The smallest absolute Gasteiger partial charge is 0.0502 e. The van der Waals surface area contributed by atoms with Crippen LogP contribution in [-0.2, 0) is 0 Å². The highest BCUT2D eigenvalue weighted by molar-refractivity contribution is 5.85. The SMILES string of the molecule is CC(N)C1(CO)CCC1.Cl. The molecule has 0 saturated heterocycles. The van der Waals surface area contributed by atoms with Crippen LogP contribution in [0.2, 0.25) is 0 Å². The van der Waals surface area contributed by atoms with Crippen LogP contribution in [0.3, 0.4) is 0 Å². The first-order valence-corrected chi connectivity index (χ1v) is 3.58. The van der Waals surface area contributed by atoms with Crippen LogP contribution in [0.5, 0.6) is 0 Å². The molecule has 0 amide bonds. The molecule has 2 nitrogen and oxygen atoms in total. The minimum atomic E-state index is 0. The van der Waals surface area contributed by atoms with E-state index in [-0.39, 0.29) is 30.5 Å². The fraction of sp³-hybridized carbons (Fsp3) is 1.00. The summed E-state index contributed by atoms with van der Waals surface area (Å²) in [6.45, 7) is 2.25. The van der Waals surface area contributed by atoms with Gasteiger partial charge < -0.3 is 10.8 Å². The highest BCUT2D eigenvalue weighted by Gasteiger charge is 2.39. The quantitative estimate of drug-likeness (QED) is 0.639. The van der Waals surface area contributed by atoms with Crippen molar-refractivity contribution in [3.8, 4) is 0 Å². The average molecular weight is 166 g/mol. The van der Waals surface area contributed by atoms with E-state index >= 15 is 0 Å². The fourth-order valence-electron chi connectivity index (χ4n) is 1.39. The van der Waals surface area contributed by atoms with E-state index in [1.165, 1.54) is 6.42 Å². The summed E-state index contributed by atoms with van der Waals surface area (Å²) in [5.41, 5.74) is 5.78. The summed E-state index contributed by atoms with van der Waals surface area (Å²) in [4.78, 5) is 0. The van der Waals surface area contributed by atoms with Crippen molar-refractivity contribution in [2.45, 2.75) is 32.2 Å². The molecule has 0 aromatic carbocycles. The maximum absolute atomic E-state index is 8.93. The third kappa shape index (κ3) is 1.44. The minimum absolute atomic E-state index is 0. The van der Waals surface area contributed by atoms with E-state index in [1.807, 2.05) is 6.92 Å². The summed E-state index contributed by atoms with van der Waals surface area (Å²) in [6.07, 6.45) is 3.46. The number of rotatable bonds is 2. The van der Waals surface area contributed by atoms with Crippen molar-refractivity contribution in [3.63, 3.8) is 0 Å². The van der Waals surface area contributed by atoms with Crippen molar-refractivity contribution < 1.29 is 5.11 Å². The van der Waals surface area contributed by atoms with E-state index in [9.17, 15) is 0 Å². The van der Waals surface area contributed by atoms with Crippen LogP contribution >= 0.6 is 12.4 Å². The van der Waals surface area contributed by atoms with Gasteiger partial charge in [-0.2, -0.15) is 0 Å². The molecule has 1 rings (SSSR count). The van der Waals surface area contributed by atoms with Gasteiger partial charge in [-0.3, -0.25) is 0 Å². The summed E-state index contributed by atoms with van der Waals surface area (Å²) < 4.78 is 0. The molecule has 3 heteroatoms. The third-order valence-corrected chi connectivity index (χ3v) is 2.63. The van der Waals surface area contributed by atoms with E-state index in [4.69, 9.17) is 10.8 Å². The van der Waals surface area contributed by atoms with Crippen molar-refractivity contribution in [1.82, 2.24) is 0 Å². The zero-order valence-corrected chi connectivity index (χ0v) is 7.16. The normalized spacial score (nSPS) is 24.3. The van der Waals surface area contributed by atoms with Crippen LogP contribution < -0.4 is 5.73 Å². The maximum atomic E-state index is 8.93. The average Bonchev–Trinajstić information content (AvgIpc) is 1.62. The fourth-order valence-corrected chi connectivity index (χ4v) is 1.39. The van der Waals surface area contributed by atoms with Crippen LogP contribution in [-0.4, -0.2) is 17.8 Å². The molecular weight excluding hydrogens is 150 g/mol. The second-order valence-corrected chi connectivity index (χ2v) is 3.16. The molecule has 1 aliphatic carbocycles. The lowest BCUT2D eigenvalue weighted by Gasteiger charge is -2.43. The zero-order valence-electron chi connectivity index (χ0n) is 6.34. The summed E-state index contributed by atoms with van der Waals surface area (Å²) >= 11 is 0. The van der Waals surface area contributed by atoms with Crippen LogP contribution in [0.1, 0.15) is 26.2 Å². The molecule has 0 heterocycles. The van der Waals surface area contributed by atoms with Crippen LogP contribution in [0.25, 0.3) is 0 Å². The van der Waals surface area contributed by atoms with Crippen molar-refractivity contribution in [2.24, 2.45) is 11.1 Å². The van der Waals surface area contributed by atoms with Gasteiger partial charge in [0.25, 0.3) is 0 Å². The first-order valence-electron chi connectivity index (χ1n) is 3.58. The van der Waals surface area contributed by atoms with E-state index in [2.05, 4.69) is 0 Å². The standard InChI is InChI=1S/C7H15NO.ClH/c1-6(8)7(5-9)3-2-4-7;/h6,9H,2-5,8H2,1H3;1H. The van der Waals surface area contributed by atoms with E-state index in [0.29, 0.717) is 0 Å². The summed E-state index contributed by atoms with van der Waals surface area (Å²) in [5.74, 6) is 0. The van der Waals surface area contributed by atoms with Gasteiger partial charge in [0, 0.05) is 11.5 Å². The Balaban J connectivity index is 0.000000810. The number of hydrogen-bond acceptors (Lipinski definition) is 2. The Morgan fingerprint density at radius 2 is 2.10 bits per heavy atom. The highest BCUT2D eigenvalue weighted by atomic mass is 35.5. The number of halogens is 1. The van der Waals surface area contributed by atoms with Gasteiger partial charge in [-0.25, -0.2) is 0 Å². The second kappa shape index (κ2) is 3.56. The molecular formula is C7H16ClNO. The molecule has 0 aliphatic heterocycles. The predicted molar refractivity (Wildman–Crippen MR) is 44.3 cm³/mol. The van der Waals surface area contributed by atoms with Crippen molar-refractivity contribution >= 4 is 12.4 Å². The van der Waals surface area contributed by atoms with Crippen LogP contribution in [0.15, 0.2) is 0 Å². The number of aliphatic hydroxyl groups excluding tert-OH is 1. The van der Waals surface area contributed by atoms with Gasteiger partial charge in [0.05, 0.1) is 6.61 Å². The Bertz CT molecular complexity index is 96.3. The van der Waals surface area contributed by atoms with Crippen molar-refractivity contribution in [1.29, 1.82) is 0 Å².